The van der Waals surface area contributed by atoms with E-state index in [1.54, 1.807) is 0 Å². The van der Waals surface area contributed by atoms with Crippen LogP contribution in [0.4, 0.5) is 0 Å². The summed E-state index contributed by atoms with van der Waals surface area (Å²) < 4.78 is 11.1. The molecule has 1 saturated carbocycles. The molecule has 1 saturated heterocycles. The number of rotatable bonds is 7. The molecular formula is C19H36IN3O3. The first-order valence-electron chi connectivity index (χ1n) is 9.98. The van der Waals surface area contributed by atoms with Crippen LogP contribution in [-0.2, 0) is 14.3 Å². The topological polar surface area (TPSA) is 63.2 Å². The van der Waals surface area contributed by atoms with E-state index in [0.717, 1.165) is 51.5 Å². The molecule has 2 aliphatic rings. The third-order valence-corrected chi connectivity index (χ3v) is 5.14. The van der Waals surface area contributed by atoms with Crippen LogP contribution in [-0.4, -0.2) is 62.8 Å². The minimum Gasteiger partial charge on any atom is -0.466 e. The second-order valence-corrected chi connectivity index (χ2v) is 6.97. The van der Waals surface area contributed by atoms with E-state index >= 15 is 0 Å². The lowest BCUT2D eigenvalue weighted by atomic mass is 9.97. The van der Waals surface area contributed by atoms with E-state index in [4.69, 9.17) is 9.47 Å². The molecule has 0 amide bonds. The van der Waals surface area contributed by atoms with Crippen molar-refractivity contribution in [3.63, 3.8) is 0 Å². The standard InChI is InChI=1S/C19H35N3O3.HI/c1-3-24-18(23)16-10-13-22(14-11-16)19(20-2)21-12-7-15-25-17-8-5-4-6-9-17;/h16-17H,3-15H2,1-2H3,(H,20,21);1H. The Morgan fingerprint density at radius 3 is 2.46 bits per heavy atom. The summed E-state index contributed by atoms with van der Waals surface area (Å²) in [5, 5.41) is 3.43. The number of hydrogen-bond acceptors (Lipinski definition) is 4. The first-order valence-corrected chi connectivity index (χ1v) is 9.98. The van der Waals surface area contributed by atoms with Gasteiger partial charge >= 0.3 is 5.97 Å². The zero-order valence-corrected chi connectivity index (χ0v) is 18.7. The predicted octanol–water partition coefficient (Wildman–Crippen LogP) is 3.19. The number of carbonyl (C=O) groups is 1. The van der Waals surface area contributed by atoms with Gasteiger partial charge in [0.2, 0.25) is 0 Å². The smallest absolute Gasteiger partial charge is 0.309 e. The lowest BCUT2D eigenvalue weighted by molar-refractivity contribution is -0.149. The number of carbonyl (C=O) groups excluding carboxylic acids is 1. The predicted molar refractivity (Wildman–Crippen MR) is 115 cm³/mol. The zero-order valence-electron chi connectivity index (χ0n) is 16.4. The third kappa shape index (κ3) is 7.98. The van der Waals surface area contributed by atoms with Crippen molar-refractivity contribution in [3.05, 3.63) is 0 Å². The van der Waals surface area contributed by atoms with Crippen molar-refractivity contribution in [2.45, 2.75) is 64.4 Å². The Kier molecular flexibility index (Phi) is 12.3. The summed E-state index contributed by atoms with van der Waals surface area (Å²) in [5.41, 5.74) is 0. The Hall–Kier alpha value is -0.570. The van der Waals surface area contributed by atoms with Gasteiger partial charge in [-0.05, 0) is 39.0 Å². The largest absolute Gasteiger partial charge is 0.466 e. The second kappa shape index (κ2) is 13.6. The van der Waals surface area contributed by atoms with Gasteiger partial charge in [-0.3, -0.25) is 9.79 Å². The Balaban J connectivity index is 0.00000338. The quantitative estimate of drug-likeness (QED) is 0.199. The third-order valence-electron chi connectivity index (χ3n) is 5.14. The number of nitrogens with zero attached hydrogens (tertiary/aromatic N) is 2. The number of esters is 1. The molecule has 0 radical (unpaired) electrons. The molecule has 7 heteroatoms. The normalized spacial score (nSPS) is 19.8. The van der Waals surface area contributed by atoms with Crippen molar-refractivity contribution in [2.75, 3.05) is 39.9 Å². The molecule has 2 rings (SSSR count). The molecule has 0 aromatic carbocycles. The highest BCUT2D eigenvalue weighted by molar-refractivity contribution is 14.0. The van der Waals surface area contributed by atoms with E-state index in [1.165, 1.54) is 32.1 Å². The molecule has 1 heterocycles. The Labute approximate surface area is 175 Å². The number of guanidine groups is 1. The monoisotopic (exact) mass is 481 g/mol. The van der Waals surface area contributed by atoms with Crippen LogP contribution < -0.4 is 5.32 Å². The molecule has 0 bridgehead atoms. The number of nitrogens with one attached hydrogen (secondary N) is 1. The van der Waals surface area contributed by atoms with Crippen LogP contribution in [0.2, 0.25) is 0 Å². The summed E-state index contributed by atoms with van der Waals surface area (Å²) in [7, 11) is 1.82. The van der Waals surface area contributed by atoms with Crippen molar-refractivity contribution in [3.8, 4) is 0 Å². The average molecular weight is 481 g/mol. The lowest BCUT2D eigenvalue weighted by Gasteiger charge is -2.33. The van der Waals surface area contributed by atoms with E-state index in [-0.39, 0.29) is 35.9 Å². The van der Waals surface area contributed by atoms with Crippen LogP contribution in [0.3, 0.4) is 0 Å². The number of ether oxygens (including phenoxy) is 2. The summed E-state index contributed by atoms with van der Waals surface area (Å²) in [6.07, 6.45) is 9.60. The van der Waals surface area contributed by atoms with Gasteiger partial charge in [0.05, 0.1) is 18.6 Å². The molecular weight excluding hydrogens is 445 g/mol. The fraction of sp³-hybridized carbons (Fsp3) is 0.895. The number of piperidine rings is 1. The maximum Gasteiger partial charge on any atom is 0.309 e. The van der Waals surface area contributed by atoms with Gasteiger partial charge in [-0.2, -0.15) is 0 Å². The SMILES string of the molecule is CCOC(=O)C1CCN(C(=NC)NCCCOC2CCCCC2)CC1.I. The van der Waals surface area contributed by atoms with Gasteiger partial charge in [0.15, 0.2) is 5.96 Å². The molecule has 0 unspecified atom stereocenters. The van der Waals surface area contributed by atoms with Crippen LogP contribution in [0.1, 0.15) is 58.3 Å². The summed E-state index contributed by atoms with van der Waals surface area (Å²) in [5.74, 6) is 0.920. The lowest BCUT2D eigenvalue weighted by Crippen LogP contribution is -2.47. The van der Waals surface area contributed by atoms with Crippen molar-refractivity contribution < 1.29 is 14.3 Å². The van der Waals surface area contributed by atoms with Crippen LogP contribution in [0.5, 0.6) is 0 Å². The maximum absolute atomic E-state index is 11.8. The van der Waals surface area contributed by atoms with Gasteiger partial charge in [0, 0.05) is 33.3 Å². The average Bonchev–Trinajstić information content (AvgIpc) is 2.66. The van der Waals surface area contributed by atoms with Crippen molar-refractivity contribution in [1.82, 2.24) is 10.2 Å². The van der Waals surface area contributed by atoms with E-state index in [1.807, 2.05) is 14.0 Å². The Morgan fingerprint density at radius 2 is 1.85 bits per heavy atom. The fourth-order valence-electron chi connectivity index (χ4n) is 3.67. The van der Waals surface area contributed by atoms with Gasteiger partial charge in [-0.25, -0.2) is 0 Å². The van der Waals surface area contributed by atoms with Crippen LogP contribution in [0.25, 0.3) is 0 Å². The molecule has 0 aromatic rings. The van der Waals surface area contributed by atoms with Gasteiger partial charge in [0.25, 0.3) is 0 Å². The molecule has 26 heavy (non-hydrogen) atoms. The molecule has 0 aromatic heterocycles. The van der Waals surface area contributed by atoms with E-state index < -0.39 is 0 Å². The van der Waals surface area contributed by atoms with Gasteiger partial charge in [0.1, 0.15) is 0 Å². The summed E-state index contributed by atoms with van der Waals surface area (Å²) in [6, 6.07) is 0. The highest BCUT2D eigenvalue weighted by Crippen LogP contribution is 2.20. The van der Waals surface area contributed by atoms with E-state index in [0.29, 0.717) is 12.7 Å². The zero-order chi connectivity index (χ0) is 17.9. The first kappa shape index (κ1) is 23.5. The summed E-state index contributed by atoms with van der Waals surface area (Å²) in [4.78, 5) is 18.4. The molecule has 1 aliphatic carbocycles. The Bertz CT molecular complexity index is 420. The van der Waals surface area contributed by atoms with Gasteiger partial charge < -0.3 is 19.7 Å². The van der Waals surface area contributed by atoms with E-state index in [9.17, 15) is 4.79 Å². The number of halogens is 1. The summed E-state index contributed by atoms with van der Waals surface area (Å²) in [6.45, 7) is 5.71. The number of likely N-dealkylation sites (tertiary alicyclic amines) is 1. The molecule has 1 aliphatic heterocycles. The van der Waals surface area contributed by atoms with Gasteiger partial charge in [-0.15, -0.1) is 24.0 Å². The number of hydrogen-bond donors (Lipinski definition) is 1. The minimum atomic E-state index is -0.0510. The van der Waals surface area contributed by atoms with Crippen LogP contribution in [0.15, 0.2) is 4.99 Å². The maximum atomic E-state index is 11.8. The highest BCUT2D eigenvalue weighted by Gasteiger charge is 2.27. The van der Waals surface area contributed by atoms with Crippen molar-refractivity contribution in [2.24, 2.45) is 10.9 Å². The molecule has 2 fully saturated rings. The van der Waals surface area contributed by atoms with Crippen LogP contribution in [0, 0.1) is 5.92 Å². The van der Waals surface area contributed by atoms with Gasteiger partial charge in [-0.1, -0.05) is 19.3 Å². The molecule has 0 atom stereocenters. The van der Waals surface area contributed by atoms with Crippen molar-refractivity contribution in [1.29, 1.82) is 0 Å². The minimum absolute atomic E-state index is 0. The van der Waals surface area contributed by atoms with Crippen molar-refractivity contribution >= 4 is 35.9 Å². The van der Waals surface area contributed by atoms with E-state index in [2.05, 4.69) is 15.2 Å². The molecule has 0 spiro atoms. The second-order valence-electron chi connectivity index (χ2n) is 6.97. The highest BCUT2D eigenvalue weighted by atomic mass is 127. The molecule has 152 valence electrons. The first-order chi connectivity index (χ1) is 12.2. The molecule has 1 N–H and O–H groups in total. The Morgan fingerprint density at radius 1 is 1.15 bits per heavy atom. The number of aliphatic imine (C=N–C) groups is 1. The molecule has 6 nitrogen and oxygen atoms in total. The van der Waals surface area contributed by atoms with Crippen LogP contribution >= 0.6 is 24.0 Å². The fourth-order valence-corrected chi connectivity index (χ4v) is 3.67. The summed E-state index contributed by atoms with van der Waals surface area (Å²) >= 11 is 0.